The summed E-state index contributed by atoms with van der Waals surface area (Å²) in [6.07, 6.45) is 1.20. The van der Waals surface area contributed by atoms with Crippen molar-refractivity contribution in [3.05, 3.63) is 40.5 Å². The van der Waals surface area contributed by atoms with Gasteiger partial charge in [-0.25, -0.2) is 0 Å². The minimum atomic E-state index is -0.833. The summed E-state index contributed by atoms with van der Waals surface area (Å²) in [5.41, 5.74) is 2.94. The van der Waals surface area contributed by atoms with Gasteiger partial charge >= 0.3 is 5.97 Å². The molecule has 6 heteroatoms. The Balaban J connectivity index is 2.07. The minimum Gasteiger partial charge on any atom is -0.493 e. The van der Waals surface area contributed by atoms with Crippen LogP contribution in [0.15, 0.2) is 24.3 Å². The van der Waals surface area contributed by atoms with Crippen LogP contribution in [0.25, 0.3) is 11.3 Å². The van der Waals surface area contributed by atoms with Crippen LogP contribution >= 0.6 is 11.6 Å². The molecule has 0 bridgehead atoms. The number of hydrogen-bond donors (Lipinski definition) is 1. The number of carboxylic acid groups (broad SMARTS) is 1. The quantitative estimate of drug-likeness (QED) is 0.927. The van der Waals surface area contributed by atoms with Crippen LogP contribution in [0.2, 0.25) is 5.02 Å². The third-order valence-electron chi connectivity index (χ3n) is 4.09. The maximum atomic E-state index is 11.3. The number of benzene rings is 1. The minimum absolute atomic E-state index is 0.434. The van der Waals surface area contributed by atoms with Gasteiger partial charge in [-0.1, -0.05) is 11.6 Å². The highest BCUT2D eigenvalue weighted by molar-refractivity contribution is 6.33. The molecular formula is C17H16ClNO4. The number of pyridine rings is 1. The molecule has 120 valence electrons. The molecule has 0 amide bonds. The van der Waals surface area contributed by atoms with Gasteiger partial charge < -0.3 is 14.6 Å². The van der Waals surface area contributed by atoms with E-state index >= 15 is 0 Å². The molecule has 1 N–H and O–H groups in total. The summed E-state index contributed by atoms with van der Waals surface area (Å²) < 4.78 is 10.5. The summed E-state index contributed by atoms with van der Waals surface area (Å²) in [4.78, 5) is 15.9. The maximum Gasteiger partial charge on any atom is 0.311 e. The van der Waals surface area contributed by atoms with Crippen LogP contribution < -0.4 is 9.47 Å². The van der Waals surface area contributed by atoms with E-state index in [4.69, 9.17) is 21.1 Å². The van der Waals surface area contributed by atoms with Crippen LogP contribution in [-0.4, -0.2) is 30.3 Å². The predicted molar refractivity (Wildman–Crippen MR) is 86.5 cm³/mol. The number of rotatable bonds is 4. The number of aryl methyl sites for hydroxylation is 1. The molecule has 1 atom stereocenters. The van der Waals surface area contributed by atoms with Crippen molar-refractivity contribution in [2.45, 2.75) is 18.8 Å². The summed E-state index contributed by atoms with van der Waals surface area (Å²) in [6, 6.07) is 7.18. The summed E-state index contributed by atoms with van der Waals surface area (Å²) in [5.74, 6) is -0.138. The summed E-state index contributed by atoms with van der Waals surface area (Å²) in [5, 5.41) is 9.70. The zero-order valence-corrected chi connectivity index (χ0v) is 13.6. The van der Waals surface area contributed by atoms with Crippen molar-refractivity contribution >= 4 is 17.6 Å². The number of halogens is 1. The molecule has 3 rings (SSSR count). The molecule has 1 heterocycles. The number of aliphatic carboxylic acids is 1. The number of fused-ring (bicyclic) bond motifs is 1. The maximum absolute atomic E-state index is 11.3. The lowest BCUT2D eigenvalue weighted by Crippen LogP contribution is -2.08. The number of carboxylic acids is 1. The van der Waals surface area contributed by atoms with Crippen LogP contribution in [0.4, 0.5) is 0 Å². The lowest BCUT2D eigenvalue weighted by atomic mass is 10.0. The Morgan fingerprint density at radius 2 is 2.00 bits per heavy atom. The average molecular weight is 334 g/mol. The molecule has 1 aliphatic carbocycles. The lowest BCUT2D eigenvalue weighted by Gasteiger charge is -2.12. The van der Waals surface area contributed by atoms with Crippen molar-refractivity contribution in [2.75, 3.05) is 14.2 Å². The number of hydrogen-bond acceptors (Lipinski definition) is 4. The van der Waals surface area contributed by atoms with E-state index < -0.39 is 11.9 Å². The van der Waals surface area contributed by atoms with Crippen LogP contribution in [0, 0.1) is 0 Å². The molecule has 0 saturated carbocycles. The standard InChI is InChI=1S/C17H16ClNO4/c1-22-14-6-3-9(7-15(14)23-2)16-12(18)8-11-10(17(20)21)4-5-13(11)19-16/h3,6-8,10H,4-5H2,1-2H3,(H,20,21). The van der Waals surface area contributed by atoms with Crippen molar-refractivity contribution in [1.82, 2.24) is 4.98 Å². The van der Waals surface area contributed by atoms with E-state index in [0.717, 1.165) is 11.3 Å². The van der Waals surface area contributed by atoms with E-state index in [-0.39, 0.29) is 0 Å². The molecule has 1 aromatic carbocycles. The fraction of sp³-hybridized carbons (Fsp3) is 0.294. The summed E-state index contributed by atoms with van der Waals surface area (Å²) >= 11 is 6.35. The highest BCUT2D eigenvalue weighted by Crippen LogP contribution is 2.39. The second-order valence-corrected chi connectivity index (χ2v) is 5.76. The van der Waals surface area contributed by atoms with E-state index in [0.29, 0.717) is 40.6 Å². The fourth-order valence-electron chi connectivity index (χ4n) is 2.92. The van der Waals surface area contributed by atoms with Gasteiger partial charge in [0.1, 0.15) is 0 Å². The normalized spacial score (nSPS) is 16.0. The first kappa shape index (κ1) is 15.6. The number of carbonyl (C=O) groups is 1. The predicted octanol–water partition coefficient (Wildman–Crippen LogP) is 3.53. The summed E-state index contributed by atoms with van der Waals surface area (Å²) in [6.45, 7) is 0. The number of ether oxygens (including phenoxy) is 2. The van der Waals surface area contributed by atoms with Gasteiger partial charge in [0.05, 0.1) is 30.9 Å². The number of methoxy groups -OCH3 is 2. The van der Waals surface area contributed by atoms with E-state index in [9.17, 15) is 9.90 Å². The zero-order chi connectivity index (χ0) is 16.6. The van der Waals surface area contributed by atoms with E-state index in [1.54, 1.807) is 26.4 Å². The second kappa shape index (κ2) is 6.08. The molecular weight excluding hydrogens is 318 g/mol. The Bertz CT molecular complexity index is 775. The van der Waals surface area contributed by atoms with Crippen molar-refractivity contribution in [3.63, 3.8) is 0 Å². The molecule has 0 radical (unpaired) electrons. The van der Waals surface area contributed by atoms with Gasteiger partial charge in [0, 0.05) is 11.3 Å². The van der Waals surface area contributed by atoms with E-state index in [1.807, 2.05) is 12.1 Å². The van der Waals surface area contributed by atoms with Crippen molar-refractivity contribution in [3.8, 4) is 22.8 Å². The number of nitrogens with zero attached hydrogens (tertiary/aromatic N) is 1. The first-order valence-corrected chi connectivity index (χ1v) is 7.57. The Morgan fingerprint density at radius 1 is 1.26 bits per heavy atom. The van der Waals surface area contributed by atoms with E-state index in [2.05, 4.69) is 4.98 Å². The average Bonchev–Trinajstić information content (AvgIpc) is 2.96. The molecule has 0 aliphatic heterocycles. The lowest BCUT2D eigenvalue weighted by molar-refractivity contribution is -0.138. The smallest absolute Gasteiger partial charge is 0.311 e. The first-order valence-electron chi connectivity index (χ1n) is 7.19. The monoisotopic (exact) mass is 333 g/mol. The molecule has 1 unspecified atom stereocenters. The van der Waals surface area contributed by atoms with Gasteiger partial charge in [-0.15, -0.1) is 0 Å². The highest BCUT2D eigenvalue weighted by atomic mass is 35.5. The van der Waals surface area contributed by atoms with Crippen LogP contribution in [-0.2, 0) is 11.2 Å². The van der Waals surface area contributed by atoms with Crippen molar-refractivity contribution in [2.24, 2.45) is 0 Å². The molecule has 5 nitrogen and oxygen atoms in total. The largest absolute Gasteiger partial charge is 0.493 e. The van der Waals surface area contributed by atoms with Gasteiger partial charge in [-0.2, -0.15) is 0 Å². The molecule has 0 saturated heterocycles. The third kappa shape index (κ3) is 2.72. The van der Waals surface area contributed by atoms with E-state index in [1.165, 1.54) is 0 Å². The van der Waals surface area contributed by atoms with Gasteiger partial charge in [0.15, 0.2) is 11.5 Å². The van der Waals surface area contributed by atoms with Gasteiger partial charge in [-0.05, 0) is 42.7 Å². The number of aromatic nitrogens is 1. The highest BCUT2D eigenvalue weighted by Gasteiger charge is 2.30. The zero-order valence-electron chi connectivity index (χ0n) is 12.8. The van der Waals surface area contributed by atoms with Crippen LogP contribution in [0.3, 0.4) is 0 Å². The second-order valence-electron chi connectivity index (χ2n) is 5.35. The van der Waals surface area contributed by atoms with Gasteiger partial charge in [-0.3, -0.25) is 9.78 Å². The fourth-order valence-corrected chi connectivity index (χ4v) is 3.19. The van der Waals surface area contributed by atoms with Gasteiger partial charge in [0.25, 0.3) is 0 Å². The summed E-state index contributed by atoms with van der Waals surface area (Å²) in [7, 11) is 3.14. The van der Waals surface area contributed by atoms with Gasteiger partial charge in [0.2, 0.25) is 0 Å². The Morgan fingerprint density at radius 3 is 2.65 bits per heavy atom. The third-order valence-corrected chi connectivity index (χ3v) is 4.38. The molecule has 0 fully saturated rings. The van der Waals surface area contributed by atoms with Crippen molar-refractivity contribution < 1.29 is 19.4 Å². The molecule has 0 spiro atoms. The molecule has 2 aromatic rings. The molecule has 1 aromatic heterocycles. The van der Waals surface area contributed by atoms with Crippen molar-refractivity contribution in [1.29, 1.82) is 0 Å². The molecule has 23 heavy (non-hydrogen) atoms. The SMILES string of the molecule is COc1ccc(-c2nc3c(cc2Cl)C(C(=O)O)CC3)cc1OC. The topological polar surface area (TPSA) is 68.7 Å². The van der Waals surface area contributed by atoms with Crippen LogP contribution in [0.1, 0.15) is 23.6 Å². The first-order chi connectivity index (χ1) is 11.0. The Labute approximate surface area is 138 Å². The van der Waals surface area contributed by atoms with Crippen LogP contribution in [0.5, 0.6) is 11.5 Å². The Kier molecular flexibility index (Phi) is 4.13. The molecule has 1 aliphatic rings. The Hall–Kier alpha value is -2.27.